The summed E-state index contributed by atoms with van der Waals surface area (Å²) in [6, 6.07) is -0.733. The van der Waals surface area contributed by atoms with Crippen LogP contribution >= 0.6 is 0 Å². The standard InChI is InChI=1S/C10H19N3O4S/c1-6(2)3-9(14)13-5-7(18(15,16)17)4-8(13)10(11)12/h6-8H,3-5H2,1-2H3,(H3,11,12)(H,15,16,17)/t7-,8-/m0/s1. The van der Waals surface area contributed by atoms with Gasteiger partial charge in [-0.1, -0.05) is 13.8 Å². The van der Waals surface area contributed by atoms with Crippen LogP contribution in [0.2, 0.25) is 0 Å². The molecule has 104 valence electrons. The maximum Gasteiger partial charge on any atom is 0.269 e. The van der Waals surface area contributed by atoms with E-state index in [1.807, 2.05) is 13.8 Å². The number of hydrogen-bond donors (Lipinski definition) is 3. The van der Waals surface area contributed by atoms with Crippen LogP contribution < -0.4 is 5.73 Å². The summed E-state index contributed by atoms with van der Waals surface area (Å²) in [7, 11) is -4.21. The molecule has 0 aromatic carbocycles. The topological polar surface area (TPSA) is 125 Å². The summed E-state index contributed by atoms with van der Waals surface area (Å²) in [5, 5.41) is 6.35. The molecule has 0 aliphatic carbocycles. The van der Waals surface area contributed by atoms with E-state index >= 15 is 0 Å². The second kappa shape index (κ2) is 5.23. The summed E-state index contributed by atoms with van der Waals surface area (Å²) in [6.07, 6.45) is 0.250. The Labute approximate surface area is 107 Å². The number of carbonyl (C=O) groups excluding carboxylic acids is 1. The van der Waals surface area contributed by atoms with E-state index in [1.54, 1.807) is 0 Å². The lowest BCUT2D eigenvalue weighted by molar-refractivity contribution is -0.131. The van der Waals surface area contributed by atoms with Crippen molar-refractivity contribution < 1.29 is 17.8 Å². The first-order valence-corrected chi connectivity index (χ1v) is 7.23. The maximum absolute atomic E-state index is 11.9. The van der Waals surface area contributed by atoms with Crippen molar-refractivity contribution in [3.8, 4) is 0 Å². The van der Waals surface area contributed by atoms with Gasteiger partial charge < -0.3 is 10.6 Å². The lowest BCUT2D eigenvalue weighted by Crippen LogP contribution is -2.43. The fourth-order valence-corrected chi connectivity index (χ4v) is 2.82. The van der Waals surface area contributed by atoms with Crippen molar-refractivity contribution in [1.82, 2.24) is 4.90 Å². The molecule has 1 aliphatic rings. The number of amidine groups is 1. The Hall–Kier alpha value is -1.15. The molecule has 1 rings (SSSR count). The van der Waals surface area contributed by atoms with Gasteiger partial charge >= 0.3 is 0 Å². The number of nitrogens with zero attached hydrogens (tertiary/aromatic N) is 1. The van der Waals surface area contributed by atoms with Crippen molar-refractivity contribution in [2.75, 3.05) is 6.54 Å². The predicted octanol–water partition coefficient (Wildman–Crippen LogP) is -0.174. The Morgan fingerprint density at radius 2 is 2.11 bits per heavy atom. The van der Waals surface area contributed by atoms with Crippen molar-refractivity contribution in [2.45, 2.75) is 38.0 Å². The van der Waals surface area contributed by atoms with Gasteiger partial charge in [0, 0.05) is 13.0 Å². The number of rotatable bonds is 4. The van der Waals surface area contributed by atoms with Gasteiger partial charge in [0.05, 0.1) is 6.04 Å². The highest BCUT2D eigenvalue weighted by molar-refractivity contribution is 7.86. The largest absolute Gasteiger partial charge is 0.386 e. The maximum atomic E-state index is 11.9. The summed E-state index contributed by atoms with van der Waals surface area (Å²) in [5.41, 5.74) is 5.38. The molecular weight excluding hydrogens is 258 g/mol. The van der Waals surface area contributed by atoms with Gasteiger partial charge in [-0.05, 0) is 12.3 Å². The molecule has 0 spiro atoms. The minimum Gasteiger partial charge on any atom is -0.386 e. The molecule has 1 amide bonds. The van der Waals surface area contributed by atoms with E-state index < -0.39 is 21.4 Å². The van der Waals surface area contributed by atoms with Gasteiger partial charge in [-0.15, -0.1) is 0 Å². The van der Waals surface area contributed by atoms with Crippen molar-refractivity contribution >= 4 is 21.9 Å². The minimum absolute atomic E-state index is 0.0159. The van der Waals surface area contributed by atoms with Crippen LogP contribution in [0.1, 0.15) is 26.7 Å². The first-order valence-electron chi connectivity index (χ1n) is 5.72. The molecule has 1 aliphatic heterocycles. The van der Waals surface area contributed by atoms with Gasteiger partial charge in [0.25, 0.3) is 10.1 Å². The molecule has 2 atom stereocenters. The molecule has 0 unspecified atom stereocenters. The lowest BCUT2D eigenvalue weighted by atomic mass is 10.1. The van der Waals surface area contributed by atoms with Crippen LogP contribution in [0.25, 0.3) is 0 Å². The smallest absolute Gasteiger partial charge is 0.269 e. The van der Waals surface area contributed by atoms with Crippen LogP contribution in [0.5, 0.6) is 0 Å². The summed E-state index contributed by atoms with van der Waals surface area (Å²) in [4.78, 5) is 13.2. The van der Waals surface area contributed by atoms with Crippen LogP contribution in [-0.2, 0) is 14.9 Å². The fourth-order valence-electron chi connectivity index (χ4n) is 2.05. The van der Waals surface area contributed by atoms with E-state index in [0.29, 0.717) is 0 Å². The van der Waals surface area contributed by atoms with E-state index in [1.165, 1.54) is 4.90 Å². The zero-order chi connectivity index (χ0) is 14.1. The molecule has 0 aromatic rings. The zero-order valence-electron chi connectivity index (χ0n) is 10.5. The summed E-state index contributed by atoms with van der Waals surface area (Å²) in [6.45, 7) is 3.64. The van der Waals surface area contributed by atoms with E-state index in [-0.39, 0.29) is 37.0 Å². The second-order valence-corrected chi connectivity index (χ2v) is 6.68. The minimum atomic E-state index is -4.21. The highest BCUT2D eigenvalue weighted by atomic mass is 32.2. The normalized spacial score (nSPS) is 24.6. The Morgan fingerprint density at radius 3 is 2.50 bits per heavy atom. The number of hydrogen-bond acceptors (Lipinski definition) is 4. The van der Waals surface area contributed by atoms with Gasteiger partial charge in [-0.3, -0.25) is 14.8 Å². The van der Waals surface area contributed by atoms with Crippen LogP contribution in [0, 0.1) is 11.3 Å². The van der Waals surface area contributed by atoms with Crippen molar-refractivity contribution in [3.63, 3.8) is 0 Å². The average molecular weight is 277 g/mol. The average Bonchev–Trinajstić information content (AvgIpc) is 2.59. The van der Waals surface area contributed by atoms with Crippen LogP contribution in [0.3, 0.4) is 0 Å². The third-order valence-electron chi connectivity index (χ3n) is 2.95. The summed E-state index contributed by atoms with van der Waals surface area (Å²) < 4.78 is 31.2. The molecule has 8 heteroatoms. The lowest BCUT2D eigenvalue weighted by Gasteiger charge is -2.24. The first-order chi connectivity index (χ1) is 8.12. The van der Waals surface area contributed by atoms with E-state index in [4.69, 9.17) is 15.7 Å². The third kappa shape index (κ3) is 3.42. The SMILES string of the molecule is CC(C)CC(=O)N1C[C@@H](S(=O)(=O)O)C[C@H]1C(=N)N. The summed E-state index contributed by atoms with van der Waals surface area (Å²) in [5.74, 6) is -0.357. The molecule has 0 bridgehead atoms. The number of carbonyl (C=O) groups is 1. The van der Waals surface area contributed by atoms with Crippen molar-refractivity contribution in [1.29, 1.82) is 5.41 Å². The predicted molar refractivity (Wildman–Crippen MR) is 66.8 cm³/mol. The number of nitrogens with one attached hydrogen (secondary N) is 1. The Morgan fingerprint density at radius 1 is 1.56 bits per heavy atom. The van der Waals surface area contributed by atoms with E-state index in [9.17, 15) is 13.2 Å². The highest BCUT2D eigenvalue weighted by Gasteiger charge is 2.42. The Bertz CT molecular complexity index is 446. The van der Waals surface area contributed by atoms with Crippen LogP contribution in [0.4, 0.5) is 0 Å². The van der Waals surface area contributed by atoms with Crippen LogP contribution in [-0.4, -0.2) is 47.4 Å². The molecule has 0 saturated carbocycles. The Balaban J connectivity index is 2.89. The number of amides is 1. The number of likely N-dealkylation sites (tertiary alicyclic amines) is 1. The van der Waals surface area contributed by atoms with Gasteiger partial charge in [0.15, 0.2) is 0 Å². The van der Waals surface area contributed by atoms with E-state index in [2.05, 4.69) is 0 Å². The fraction of sp³-hybridized carbons (Fsp3) is 0.800. The molecule has 0 aromatic heterocycles. The van der Waals surface area contributed by atoms with Gasteiger partial charge in [-0.25, -0.2) is 0 Å². The molecule has 1 fully saturated rings. The van der Waals surface area contributed by atoms with Crippen molar-refractivity contribution in [2.24, 2.45) is 11.7 Å². The Kier molecular flexibility index (Phi) is 4.33. The second-order valence-electron chi connectivity index (χ2n) is 4.99. The molecular formula is C10H19N3O4S. The van der Waals surface area contributed by atoms with Gasteiger partial charge in [0.2, 0.25) is 5.91 Å². The molecule has 7 nitrogen and oxygen atoms in total. The zero-order valence-corrected chi connectivity index (χ0v) is 11.3. The van der Waals surface area contributed by atoms with Crippen LogP contribution in [0.15, 0.2) is 0 Å². The first kappa shape index (κ1) is 14.9. The molecule has 18 heavy (non-hydrogen) atoms. The molecule has 1 heterocycles. The molecule has 1 saturated heterocycles. The van der Waals surface area contributed by atoms with Gasteiger partial charge in [0.1, 0.15) is 11.1 Å². The third-order valence-corrected chi connectivity index (χ3v) is 4.13. The van der Waals surface area contributed by atoms with Crippen molar-refractivity contribution in [3.05, 3.63) is 0 Å². The van der Waals surface area contributed by atoms with Gasteiger partial charge in [-0.2, -0.15) is 8.42 Å². The summed E-state index contributed by atoms with van der Waals surface area (Å²) >= 11 is 0. The highest BCUT2D eigenvalue weighted by Crippen LogP contribution is 2.24. The molecule has 0 radical (unpaired) electrons. The molecule has 4 N–H and O–H groups in total. The van der Waals surface area contributed by atoms with E-state index in [0.717, 1.165) is 0 Å². The number of nitrogens with two attached hydrogens (primary N) is 1. The monoisotopic (exact) mass is 277 g/mol. The quantitative estimate of drug-likeness (QED) is 0.373.